The number of pyridine rings is 2. The number of rotatable bonds is 4. The fraction of sp³-hybridized carbons (Fsp3) is 0.391. The van der Waals surface area contributed by atoms with Crippen molar-refractivity contribution < 1.29 is 27.8 Å². The van der Waals surface area contributed by atoms with Crippen LogP contribution in [0.2, 0.25) is 0 Å². The van der Waals surface area contributed by atoms with Crippen molar-refractivity contribution in [1.82, 2.24) is 19.9 Å². The number of hydrogen-bond donors (Lipinski definition) is 2. The minimum absolute atomic E-state index is 0.642. The van der Waals surface area contributed by atoms with E-state index in [4.69, 9.17) is 14.6 Å². The molecule has 0 unspecified atom stereocenters. The van der Waals surface area contributed by atoms with E-state index < -0.39 is 12.1 Å². The molecular formula is C23H24F3N5O3. The van der Waals surface area contributed by atoms with Gasteiger partial charge in [0.2, 0.25) is 0 Å². The molecule has 1 saturated heterocycles. The number of nitrogens with one attached hydrogen (secondary N) is 1. The summed E-state index contributed by atoms with van der Waals surface area (Å²) in [4.78, 5) is 28.2. The topological polar surface area (TPSA) is 104 Å². The number of aromatic amines is 1. The molecule has 34 heavy (non-hydrogen) atoms. The van der Waals surface area contributed by atoms with Gasteiger partial charge in [0, 0.05) is 48.9 Å². The Morgan fingerprint density at radius 1 is 1.09 bits per heavy atom. The van der Waals surface area contributed by atoms with Crippen molar-refractivity contribution in [2.45, 2.75) is 31.4 Å². The third-order valence-corrected chi connectivity index (χ3v) is 5.82. The fourth-order valence-corrected chi connectivity index (χ4v) is 3.71. The first-order chi connectivity index (χ1) is 16.3. The van der Waals surface area contributed by atoms with Crippen LogP contribution in [0.4, 0.5) is 18.9 Å². The maximum Gasteiger partial charge on any atom is 0.490 e. The fourth-order valence-electron chi connectivity index (χ4n) is 3.71. The van der Waals surface area contributed by atoms with E-state index in [1.165, 1.54) is 25.0 Å². The number of hydrogen-bond acceptors (Lipinski definition) is 6. The molecule has 4 heterocycles. The summed E-state index contributed by atoms with van der Waals surface area (Å²) in [6.45, 7) is 3.35. The number of ether oxygens (including phenoxy) is 1. The van der Waals surface area contributed by atoms with Crippen LogP contribution in [0.5, 0.6) is 0 Å². The Balaban J connectivity index is 0.000000344. The minimum Gasteiger partial charge on any atom is -0.475 e. The van der Waals surface area contributed by atoms with E-state index >= 15 is 0 Å². The first kappa shape index (κ1) is 23.7. The van der Waals surface area contributed by atoms with Crippen LogP contribution in [0.1, 0.15) is 30.9 Å². The first-order valence-corrected chi connectivity index (χ1v) is 10.9. The maximum absolute atomic E-state index is 10.6. The molecule has 1 aliphatic carbocycles. The van der Waals surface area contributed by atoms with Gasteiger partial charge in [-0.2, -0.15) is 13.2 Å². The lowest BCUT2D eigenvalue weighted by Crippen LogP contribution is -2.36. The Kier molecular flexibility index (Phi) is 7.11. The molecular weight excluding hydrogens is 451 g/mol. The third kappa shape index (κ3) is 5.71. The standard InChI is InChI=1S/C21H23N5O.C2HF3O2/c1-2-15(3-1)20-14-24-21(25-20)19-11-16(4-5-23-19)17-10-18(13-22-12-17)26-6-8-27-9-7-26;3-2(4,5)1(6)7/h4-5,10-15H,1-3,6-9H2,(H,24,25);(H,6,7). The van der Waals surface area contributed by atoms with Crippen molar-refractivity contribution >= 4 is 11.7 Å². The van der Waals surface area contributed by atoms with E-state index in [1.54, 1.807) is 0 Å². The summed E-state index contributed by atoms with van der Waals surface area (Å²) >= 11 is 0. The lowest BCUT2D eigenvalue weighted by molar-refractivity contribution is -0.192. The van der Waals surface area contributed by atoms with Crippen LogP contribution in [0, 0.1) is 0 Å². The van der Waals surface area contributed by atoms with Crippen LogP contribution in [0.25, 0.3) is 22.6 Å². The molecule has 1 aliphatic heterocycles. The number of nitrogens with zero attached hydrogens (tertiary/aromatic N) is 4. The average molecular weight is 475 g/mol. The maximum atomic E-state index is 10.6. The molecule has 5 rings (SSSR count). The number of carboxylic acids is 1. The number of carbonyl (C=O) groups is 1. The quantitative estimate of drug-likeness (QED) is 0.581. The van der Waals surface area contributed by atoms with Crippen molar-refractivity contribution in [2.24, 2.45) is 0 Å². The van der Waals surface area contributed by atoms with Crippen LogP contribution in [-0.2, 0) is 9.53 Å². The van der Waals surface area contributed by atoms with Crippen molar-refractivity contribution in [3.63, 3.8) is 0 Å². The molecule has 11 heteroatoms. The average Bonchev–Trinajstić information content (AvgIpc) is 3.28. The number of anilines is 1. The predicted octanol–water partition coefficient (Wildman–Crippen LogP) is 4.27. The van der Waals surface area contributed by atoms with E-state index in [0.717, 1.165) is 54.6 Å². The molecule has 0 radical (unpaired) electrons. The smallest absolute Gasteiger partial charge is 0.475 e. The van der Waals surface area contributed by atoms with Gasteiger partial charge in [0.15, 0.2) is 5.82 Å². The summed E-state index contributed by atoms with van der Waals surface area (Å²) < 4.78 is 37.2. The zero-order chi connectivity index (χ0) is 24.1. The number of imidazole rings is 1. The van der Waals surface area contributed by atoms with Crippen molar-refractivity contribution in [1.29, 1.82) is 0 Å². The highest BCUT2D eigenvalue weighted by Crippen LogP contribution is 2.36. The summed E-state index contributed by atoms with van der Waals surface area (Å²) in [7, 11) is 0. The summed E-state index contributed by atoms with van der Waals surface area (Å²) in [5.74, 6) is -1.27. The highest BCUT2D eigenvalue weighted by molar-refractivity contribution is 5.73. The van der Waals surface area contributed by atoms with Gasteiger partial charge in [0.25, 0.3) is 0 Å². The molecule has 8 nitrogen and oxygen atoms in total. The molecule has 0 aromatic carbocycles. The molecule has 3 aromatic rings. The predicted molar refractivity (Wildman–Crippen MR) is 118 cm³/mol. The number of morpholine rings is 1. The summed E-state index contributed by atoms with van der Waals surface area (Å²) in [5.41, 5.74) is 5.44. The molecule has 2 fully saturated rings. The second-order valence-electron chi connectivity index (χ2n) is 8.08. The van der Waals surface area contributed by atoms with Crippen LogP contribution >= 0.6 is 0 Å². The summed E-state index contributed by atoms with van der Waals surface area (Å²) in [6, 6.07) is 6.31. The summed E-state index contributed by atoms with van der Waals surface area (Å²) in [6.07, 6.45) is 6.40. The number of aromatic nitrogens is 4. The van der Waals surface area contributed by atoms with Crippen molar-refractivity contribution in [3.8, 4) is 22.6 Å². The zero-order valence-electron chi connectivity index (χ0n) is 18.3. The number of alkyl halides is 3. The van der Waals surface area contributed by atoms with Gasteiger partial charge in [-0.1, -0.05) is 6.42 Å². The Bertz CT molecular complexity index is 1120. The van der Waals surface area contributed by atoms with Gasteiger partial charge in [0.05, 0.1) is 25.1 Å². The third-order valence-electron chi connectivity index (χ3n) is 5.82. The normalized spacial score (nSPS) is 16.4. The Labute approximate surface area is 193 Å². The molecule has 0 amide bonds. The van der Waals surface area contributed by atoms with E-state index in [0.29, 0.717) is 5.92 Å². The first-order valence-electron chi connectivity index (χ1n) is 10.9. The number of aliphatic carboxylic acids is 1. The van der Waals surface area contributed by atoms with Gasteiger partial charge in [-0.3, -0.25) is 9.97 Å². The lowest BCUT2D eigenvalue weighted by Gasteiger charge is -2.28. The van der Waals surface area contributed by atoms with E-state index in [2.05, 4.69) is 37.0 Å². The van der Waals surface area contributed by atoms with Crippen LogP contribution in [-0.4, -0.2) is 63.5 Å². The van der Waals surface area contributed by atoms with Crippen LogP contribution in [0.3, 0.4) is 0 Å². The van der Waals surface area contributed by atoms with Crippen molar-refractivity contribution in [3.05, 3.63) is 48.7 Å². The van der Waals surface area contributed by atoms with Gasteiger partial charge in [-0.25, -0.2) is 9.78 Å². The minimum atomic E-state index is -5.08. The Hall–Kier alpha value is -3.47. The summed E-state index contributed by atoms with van der Waals surface area (Å²) in [5, 5.41) is 7.12. The molecule has 0 bridgehead atoms. The number of carboxylic acid groups (broad SMARTS) is 1. The largest absolute Gasteiger partial charge is 0.490 e. The van der Waals surface area contributed by atoms with E-state index in [1.807, 2.05) is 30.9 Å². The molecule has 2 aliphatic rings. The number of halogens is 3. The lowest BCUT2D eigenvalue weighted by atomic mass is 9.83. The van der Waals surface area contributed by atoms with E-state index in [9.17, 15) is 13.2 Å². The Morgan fingerprint density at radius 2 is 1.82 bits per heavy atom. The molecule has 3 aromatic heterocycles. The molecule has 0 atom stereocenters. The molecule has 0 spiro atoms. The molecule has 180 valence electrons. The van der Waals surface area contributed by atoms with Crippen LogP contribution in [0.15, 0.2) is 43.0 Å². The molecule has 2 N–H and O–H groups in total. The van der Waals surface area contributed by atoms with Gasteiger partial charge in [-0.05, 0) is 36.6 Å². The van der Waals surface area contributed by atoms with Gasteiger partial charge < -0.3 is 19.7 Å². The highest BCUT2D eigenvalue weighted by atomic mass is 19.4. The Morgan fingerprint density at radius 3 is 2.47 bits per heavy atom. The SMILES string of the molecule is O=C(O)C(F)(F)F.c1cc(-c2cncc(N3CCOCC3)c2)cc(-c2ncc(C3CCC3)[nH]2)n1. The molecule has 1 saturated carbocycles. The monoisotopic (exact) mass is 475 g/mol. The highest BCUT2D eigenvalue weighted by Gasteiger charge is 2.38. The zero-order valence-corrected chi connectivity index (χ0v) is 18.3. The van der Waals surface area contributed by atoms with Gasteiger partial charge >= 0.3 is 12.1 Å². The second-order valence-corrected chi connectivity index (χ2v) is 8.08. The van der Waals surface area contributed by atoms with Crippen molar-refractivity contribution in [2.75, 3.05) is 31.2 Å². The van der Waals surface area contributed by atoms with Crippen LogP contribution < -0.4 is 4.90 Å². The van der Waals surface area contributed by atoms with Gasteiger partial charge in [-0.15, -0.1) is 0 Å². The second kappa shape index (κ2) is 10.2. The number of H-pyrrole nitrogens is 1. The van der Waals surface area contributed by atoms with Gasteiger partial charge in [0.1, 0.15) is 5.69 Å². The van der Waals surface area contributed by atoms with E-state index in [-0.39, 0.29) is 0 Å².